The maximum atomic E-state index is 10.2. The van der Waals surface area contributed by atoms with E-state index in [1.807, 2.05) is 6.92 Å². The van der Waals surface area contributed by atoms with Crippen LogP contribution in [-0.4, -0.2) is 17.3 Å². The molecule has 1 aliphatic carbocycles. The van der Waals surface area contributed by atoms with Crippen molar-refractivity contribution in [2.75, 3.05) is 6.54 Å². The summed E-state index contributed by atoms with van der Waals surface area (Å²) in [4.78, 5) is 0. The second-order valence-corrected chi connectivity index (χ2v) is 4.58. The summed E-state index contributed by atoms with van der Waals surface area (Å²) in [6.07, 6.45) is 8.37. The highest BCUT2D eigenvalue weighted by atomic mass is 16.3. The lowest BCUT2D eigenvalue weighted by Crippen LogP contribution is -2.36. The third-order valence-corrected chi connectivity index (χ3v) is 3.39. The zero-order valence-electron chi connectivity index (χ0n) is 8.76. The molecule has 0 saturated heterocycles. The molecular formula is C11H23NO. The Morgan fingerprint density at radius 3 is 2.23 bits per heavy atom. The minimum Gasteiger partial charge on any atom is -0.390 e. The minimum atomic E-state index is -0.515. The summed E-state index contributed by atoms with van der Waals surface area (Å²) in [7, 11) is 0. The highest BCUT2D eigenvalue weighted by Crippen LogP contribution is 2.33. The molecule has 0 heterocycles. The lowest BCUT2D eigenvalue weighted by molar-refractivity contribution is -0.0128. The topological polar surface area (TPSA) is 46.2 Å². The van der Waals surface area contributed by atoms with E-state index in [0.717, 1.165) is 6.42 Å². The van der Waals surface area contributed by atoms with E-state index < -0.39 is 5.60 Å². The molecule has 13 heavy (non-hydrogen) atoms. The summed E-state index contributed by atoms with van der Waals surface area (Å²) in [5.41, 5.74) is 4.99. The molecule has 78 valence electrons. The van der Waals surface area contributed by atoms with Crippen LogP contribution < -0.4 is 5.73 Å². The first kappa shape index (κ1) is 11.0. The third kappa shape index (κ3) is 3.28. The molecule has 2 heteroatoms. The Hall–Kier alpha value is -0.0800. The molecule has 1 atom stereocenters. The van der Waals surface area contributed by atoms with E-state index >= 15 is 0 Å². The Labute approximate surface area is 81.5 Å². The van der Waals surface area contributed by atoms with Gasteiger partial charge in [0.2, 0.25) is 0 Å². The predicted octanol–water partition coefficient (Wildman–Crippen LogP) is 2.06. The lowest BCUT2D eigenvalue weighted by Gasteiger charge is -2.32. The molecule has 1 rings (SSSR count). The van der Waals surface area contributed by atoms with Crippen molar-refractivity contribution in [3.05, 3.63) is 0 Å². The molecule has 0 bridgehead atoms. The summed E-state index contributed by atoms with van der Waals surface area (Å²) in [5.74, 6) is 0.485. The molecule has 0 aromatic rings. The van der Waals surface area contributed by atoms with Crippen LogP contribution in [0, 0.1) is 5.92 Å². The van der Waals surface area contributed by atoms with Gasteiger partial charge in [-0.1, -0.05) is 25.7 Å². The van der Waals surface area contributed by atoms with Gasteiger partial charge in [0.05, 0.1) is 5.60 Å². The monoisotopic (exact) mass is 185 g/mol. The van der Waals surface area contributed by atoms with E-state index in [2.05, 4.69) is 0 Å². The molecule has 0 aromatic carbocycles. The van der Waals surface area contributed by atoms with Crippen LogP contribution in [0.4, 0.5) is 0 Å². The van der Waals surface area contributed by atoms with E-state index in [0.29, 0.717) is 12.5 Å². The summed E-state index contributed by atoms with van der Waals surface area (Å²) in [6.45, 7) is 2.55. The van der Waals surface area contributed by atoms with Gasteiger partial charge in [-0.3, -0.25) is 0 Å². The van der Waals surface area contributed by atoms with Gasteiger partial charge in [-0.25, -0.2) is 0 Å². The van der Waals surface area contributed by atoms with Crippen LogP contribution in [0.3, 0.4) is 0 Å². The van der Waals surface area contributed by atoms with Crippen LogP contribution in [0.2, 0.25) is 0 Å². The highest BCUT2D eigenvalue weighted by Gasteiger charge is 2.30. The summed E-state index contributed by atoms with van der Waals surface area (Å²) in [6, 6.07) is 0. The maximum absolute atomic E-state index is 10.2. The van der Waals surface area contributed by atoms with Crippen molar-refractivity contribution in [1.29, 1.82) is 0 Å². The highest BCUT2D eigenvalue weighted by molar-refractivity contribution is 4.83. The van der Waals surface area contributed by atoms with E-state index in [4.69, 9.17) is 5.73 Å². The molecule has 0 spiro atoms. The number of hydrogen-bond donors (Lipinski definition) is 2. The van der Waals surface area contributed by atoms with Crippen LogP contribution in [0.1, 0.15) is 51.9 Å². The van der Waals surface area contributed by atoms with Crippen molar-refractivity contribution in [3.63, 3.8) is 0 Å². The Morgan fingerprint density at radius 1 is 1.23 bits per heavy atom. The first-order valence-electron chi connectivity index (χ1n) is 5.59. The number of aliphatic hydroxyl groups is 1. The van der Waals surface area contributed by atoms with Crippen LogP contribution >= 0.6 is 0 Å². The van der Waals surface area contributed by atoms with Crippen molar-refractivity contribution in [2.24, 2.45) is 11.7 Å². The Balaban J connectivity index is 2.46. The van der Waals surface area contributed by atoms with E-state index in [9.17, 15) is 5.11 Å². The van der Waals surface area contributed by atoms with Crippen LogP contribution in [0.25, 0.3) is 0 Å². The van der Waals surface area contributed by atoms with Crippen LogP contribution in [0.15, 0.2) is 0 Å². The van der Waals surface area contributed by atoms with Crippen molar-refractivity contribution in [3.8, 4) is 0 Å². The van der Waals surface area contributed by atoms with E-state index in [1.165, 1.54) is 38.5 Å². The molecule has 3 N–H and O–H groups in total. The summed E-state index contributed by atoms with van der Waals surface area (Å²) in [5, 5.41) is 10.2. The third-order valence-electron chi connectivity index (χ3n) is 3.39. The van der Waals surface area contributed by atoms with Gasteiger partial charge in [0.1, 0.15) is 0 Å². The average Bonchev–Trinajstić information content (AvgIpc) is 2.31. The normalized spacial score (nSPS) is 25.2. The number of nitrogens with two attached hydrogens (primary N) is 1. The average molecular weight is 185 g/mol. The minimum absolute atomic E-state index is 0.485. The molecule has 0 amide bonds. The number of hydrogen-bond acceptors (Lipinski definition) is 2. The zero-order valence-corrected chi connectivity index (χ0v) is 8.76. The molecule has 1 aliphatic rings. The van der Waals surface area contributed by atoms with Crippen molar-refractivity contribution < 1.29 is 5.11 Å². The Morgan fingerprint density at radius 2 is 1.77 bits per heavy atom. The quantitative estimate of drug-likeness (QED) is 0.661. The number of rotatable bonds is 3. The van der Waals surface area contributed by atoms with Gasteiger partial charge in [0.25, 0.3) is 0 Å². The van der Waals surface area contributed by atoms with Crippen molar-refractivity contribution in [1.82, 2.24) is 0 Å². The predicted molar refractivity (Wildman–Crippen MR) is 55.5 cm³/mol. The molecule has 2 nitrogen and oxygen atoms in total. The van der Waals surface area contributed by atoms with Gasteiger partial charge >= 0.3 is 0 Å². The lowest BCUT2D eigenvalue weighted by atomic mass is 9.81. The Kier molecular flexibility index (Phi) is 4.20. The fourth-order valence-electron chi connectivity index (χ4n) is 2.40. The summed E-state index contributed by atoms with van der Waals surface area (Å²) >= 11 is 0. The van der Waals surface area contributed by atoms with E-state index in [1.54, 1.807) is 0 Å². The van der Waals surface area contributed by atoms with Crippen molar-refractivity contribution in [2.45, 2.75) is 57.5 Å². The smallest absolute Gasteiger partial charge is 0.0659 e. The van der Waals surface area contributed by atoms with Crippen LogP contribution in [0.5, 0.6) is 0 Å². The van der Waals surface area contributed by atoms with Crippen LogP contribution in [-0.2, 0) is 0 Å². The molecule has 1 saturated carbocycles. The van der Waals surface area contributed by atoms with E-state index in [-0.39, 0.29) is 0 Å². The van der Waals surface area contributed by atoms with Gasteiger partial charge in [-0.15, -0.1) is 0 Å². The second kappa shape index (κ2) is 4.97. The van der Waals surface area contributed by atoms with Gasteiger partial charge in [0, 0.05) is 0 Å². The van der Waals surface area contributed by atoms with Crippen molar-refractivity contribution >= 4 is 0 Å². The zero-order chi connectivity index (χ0) is 9.73. The first-order valence-corrected chi connectivity index (χ1v) is 5.59. The van der Waals surface area contributed by atoms with Gasteiger partial charge in [0.15, 0.2) is 0 Å². The molecule has 0 aromatic heterocycles. The van der Waals surface area contributed by atoms with Gasteiger partial charge in [-0.2, -0.15) is 0 Å². The maximum Gasteiger partial charge on any atom is 0.0659 e. The first-order chi connectivity index (χ1) is 6.17. The SMILES string of the molecule is CC(O)(CCN)C1CCCCCC1. The summed E-state index contributed by atoms with van der Waals surface area (Å²) < 4.78 is 0. The Bertz CT molecular complexity index is 137. The molecule has 0 radical (unpaired) electrons. The van der Waals surface area contributed by atoms with Gasteiger partial charge in [-0.05, 0) is 38.6 Å². The fourth-order valence-corrected chi connectivity index (χ4v) is 2.40. The largest absolute Gasteiger partial charge is 0.390 e. The molecule has 1 unspecified atom stereocenters. The van der Waals surface area contributed by atoms with Gasteiger partial charge < -0.3 is 10.8 Å². The molecular weight excluding hydrogens is 162 g/mol. The molecule has 0 aliphatic heterocycles. The molecule has 1 fully saturated rings. The fraction of sp³-hybridized carbons (Fsp3) is 1.00. The second-order valence-electron chi connectivity index (χ2n) is 4.58. The standard InChI is InChI=1S/C11H23NO/c1-11(13,8-9-12)10-6-4-2-3-5-7-10/h10,13H,2-9,12H2,1H3.